The summed E-state index contributed by atoms with van der Waals surface area (Å²) in [5, 5.41) is 7.99. The van der Waals surface area contributed by atoms with Gasteiger partial charge in [-0.05, 0) is 13.0 Å². The summed E-state index contributed by atoms with van der Waals surface area (Å²) in [4.78, 5) is 19.7. The summed E-state index contributed by atoms with van der Waals surface area (Å²) in [5.41, 5.74) is -1.74. The van der Waals surface area contributed by atoms with Crippen LogP contribution in [0.15, 0.2) is 39.9 Å². The van der Waals surface area contributed by atoms with Gasteiger partial charge in [0.2, 0.25) is 0 Å². The topological polar surface area (TPSA) is 95.9 Å². The molecule has 11 heteroatoms. The molecule has 0 saturated heterocycles. The third kappa shape index (κ3) is 4.66. The van der Waals surface area contributed by atoms with Gasteiger partial charge in [-0.25, -0.2) is 14.6 Å². The second kappa shape index (κ2) is 7.25. The molecule has 0 fully saturated rings. The van der Waals surface area contributed by atoms with Gasteiger partial charge in [0.05, 0.1) is 11.4 Å². The van der Waals surface area contributed by atoms with Gasteiger partial charge >= 0.3 is 6.01 Å². The van der Waals surface area contributed by atoms with Crippen LogP contribution < -0.4 is 10.3 Å². The molecule has 26 heavy (non-hydrogen) atoms. The van der Waals surface area contributed by atoms with Crippen LogP contribution in [0.5, 0.6) is 6.01 Å². The minimum atomic E-state index is -3.06. The Labute approximate surface area is 148 Å². The lowest BCUT2D eigenvalue weighted by molar-refractivity contribution is 0.0422. The van der Waals surface area contributed by atoms with Crippen molar-refractivity contribution in [3.63, 3.8) is 0 Å². The molecule has 3 heterocycles. The van der Waals surface area contributed by atoms with Crippen LogP contribution in [0, 0.1) is 6.92 Å². The van der Waals surface area contributed by atoms with Crippen molar-refractivity contribution in [2.24, 2.45) is 0 Å². The second-order valence-electron chi connectivity index (χ2n) is 5.45. The fourth-order valence-electron chi connectivity index (χ4n) is 2.04. The summed E-state index contributed by atoms with van der Waals surface area (Å²) in [7, 11) is 1.37. The maximum Gasteiger partial charge on any atom is 0.316 e. The van der Waals surface area contributed by atoms with Crippen LogP contribution in [0.4, 0.5) is 8.78 Å². The molecule has 0 aromatic carbocycles. The van der Waals surface area contributed by atoms with Gasteiger partial charge in [0.25, 0.3) is 11.2 Å². The van der Waals surface area contributed by atoms with Crippen LogP contribution >= 0.6 is 9.24 Å². The quantitative estimate of drug-likeness (QED) is 0.602. The lowest BCUT2D eigenvalue weighted by atomic mass is 10.2. The van der Waals surface area contributed by atoms with Crippen molar-refractivity contribution in [1.82, 2.24) is 24.9 Å². The van der Waals surface area contributed by atoms with Crippen LogP contribution in [-0.2, 0) is 6.54 Å². The van der Waals surface area contributed by atoms with Gasteiger partial charge in [-0.2, -0.15) is 13.9 Å². The molecule has 0 spiro atoms. The lowest BCUT2D eigenvalue weighted by Crippen LogP contribution is -2.22. The van der Waals surface area contributed by atoms with Crippen molar-refractivity contribution >= 4 is 9.24 Å². The van der Waals surface area contributed by atoms with E-state index in [-0.39, 0.29) is 18.1 Å². The summed E-state index contributed by atoms with van der Waals surface area (Å²) in [6.45, 7) is 1.04. The highest BCUT2D eigenvalue weighted by molar-refractivity contribution is 7.18. The van der Waals surface area contributed by atoms with Gasteiger partial charge in [0.15, 0.2) is 12.4 Å². The van der Waals surface area contributed by atoms with Gasteiger partial charge in [-0.1, -0.05) is 14.4 Å². The minimum Gasteiger partial charge on any atom is -0.457 e. The zero-order valence-corrected chi connectivity index (χ0v) is 14.7. The van der Waals surface area contributed by atoms with Crippen molar-refractivity contribution in [3.05, 3.63) is 52.4 Å². The van der Waals surface area contributed by atoms with Crippen molar-refractivity contribution in [2.45, 2.75) is 19.1 Å². The SMILES string of the molecule is Cc1cc(Cn2nc(-c3cnc(OCC(F)(F)P)nc3)ccc2=O)on1. The third-order valence-electron chi connectivity index (χ3n) is 3.17. The molecular weight excluding hydrogens is 367 g/mol. The summed E-state index contributed by atoms with van der Waals surface area (Å²) >= 11 is 0. The number of hydrogen-bond donors (Lipinski definition) is 0. The second-order valence-corrected chi connectivity index (χ2v) is 6.30. The highest BCUT2D eigenvalue weighted by atomic mass is 31.0. The van der Waals surface area contributed by atoms with E-state index in [0.29, 0.717) is 22.7 Å². The van der Waals surface area contributed by atoms with E-state index in [0.717, 1.165) is 0 Å². The highest BCUT2D eigenvalue weighted by Gasteiger charge is 2.22. The summed E-state index contributed by atoms with van der Waals surface area (Å²) in [6, 6.07) is 4.39. The fourth-order valence-corrected chi connectivity index (χ4v) is 2.12. The molecule has 8 nitrogen and oxygen atoms in total. The molecule has 0 aliphatic heterocycles. The minimum absolute atomic E-state index is 0.124. The Balaban J connectivity index is 1.78. The van der Waals surface area contributed by atoms with E-state index in [9.17, 15) is 13.6 Å². The molecule has 3 rings (SSSR count). The predicted molar refractivity (Wildman–Crippen MR) is 90.0 cm³/mol. The molecule has 136 valence electrons. The Morgan fingerprint density at radius 3 is 2.65 bits per heavy atom. The smallest absolute Gasteiger partial charge is 0.316 e. The van der Waals surface area contributed by atoms with Gasteiger partial charge in [0.1, 0.15) is 6.54 Å². The van der Waals surface area contributed by atoms with Crippen LogP contribution in [0.2, 0.25) is 0 Å². The largest absolute Gasteiger partial charge is 0.457 e. The van der Waals surface area contributed by atoms with Crippen LogP contribution in [0.25, 0.3) is 11.3 Å². The van der Waals surface area contributed by atoms with Crippen molar-refractivity contribution in [2.75, 3.05) is 6.61 Å². The summed E-state index contributed by atoms with van der Waals surface area (Å²) in [6.07, 6.45) is 2.75. The van der Waals surface area contributed by atoms with Crippen molar-refractivity contribution < 1.29 is 18.0 Å². The predicted octanol–water partition coefficient (Wildman–Crippen LogP) is 1.89. The highest BCUT2D eigenvalue weighted by Crippen LogP contribution is 2.22. The number of aryl methyl sites for hydroxylation is 1. The van der Waals surface area contributed by atoms with Crippen molar-refractivity contribution in [3.8, 4) is 17.3 Å². The molecule has 1 atom stereocenters. The monoisotopic (exact) mass is 381 g/mol. The first-order valence-corrected chi connectivity index (χ1v) is 8.00. The Morgan fingerprint density at radius 1 is 1.31 bits per heavy atom. The molecule has 0 N–H and O–H groups in total. The maximum atomic E-state index is 12.7. The van der Waals surface area contributed by atoms with E-state index < -0.39 is 12.3 Å². The Bertz CT molecular complexity index is 953. The average molecular weight is 381 g/mol. The first kappa shape index (κ1) is 18.1. The van der Waals surface area contributed by atoms with E-state index >= 15 is 0 Å². The van der Waals surface area contributed by atoms with Gasteiger partial charge in [-0.3, -0.25) is 4.79 Å². The summed E-state index contributed by atoms with van der Waals surface area (Å²) in [5.74, 6) is 0.493. The van der Waals surface area contributed by atoms with E-state index in [1.165, 1.54) is 38.4 Å². The third-order valence-corrected chi connectivity index (χ3v) is 3.33. The molecular formula is C15H14F2N5O3P. The zero-order chi connectivity index (χ0) is 18.7. The van der Waals surface area contributed by atoms with E-state index in [1.807, 2.05) is 0 Å². The standard InChI is InChI=1S/C15H14F2N5O3P/c1-9-4-11(25-21-9)7-22-13(23)3-2-12(20-22)10-5-18-14(19-6-10)24-8-15(16,17)26/h2-6H,7-8,26H2,1H3. The van der Waals surface area contributed by atoms with Gasteiger partial charge in [0, 0.05) is 30.1 Å². The molecule has 0 saturated carbocycles. The van der Waals surface area contributed by atoms with E-state index in [4.69, 9.17) is 9.26 Å². The van der Waals surface area contributed by atoms with Crippen LogP contribution in [-0.4, -0.2) is 37.2 Å². The molecule has 0 aliphatic carbocycles. The molecule has 0 bridgehead atoms. The number of alkyl halides is 2. The lowest BCUT2D eigenvalue weighted by Gasteiger charge is -2.10. The Kier molecular flexibility index (Phi) is 5.03. The first-order valence-electron chi connectivity index (χ1n) is 7.42. The van der Waals surface area contributed by atoms with Crippen LogP contribution in [0.3, 0.4) is 0 Å². The normalized spacial score (nSPS) is 11.5. The molecule has 0 amide bonds. The molecule has 0 aliphatic rings. The van der Waals surface area contributed by atoms with E-state index in [2.05, 4.69) is 20.2 Å². The van der Waals surface area contributed by atoms with Gasteiger partial charge < -0.3 is 9.26 Å². The average Bonchev–Trinajstić information content (AvgIpc) is 3.00. The van der Waals surface area contributed by atoms with Crippen molar-refractivity contribution in [1.29, 1.82) is 0 Å². The fraction of sp³-hybridized carbons (Fsp3) is 0.267. The number of hydrogen-bond acceptors (Lipinski definition) is 7. The van der Waals surface area contributed by atoms with Crippen LogP contribution in [0.1, 0.15) is 11.5 Å². The molecule has 3 aromatic rings. The number of aromatic nitrogens is 5. The molecule has 0 radical (unpaired) electrons. The van der Waals surface area contributed by atoms with Gasteiger partial charge in [-0.15, -0.1) is 0 Å². The number of rotatable bonds is 6. The Morgan fingerprint density at radius 2 is 2.04 bits per heavy atom. The zero-order valence-electron chi connectivity index (χ0n) is 13.6. The number of nitrogens with zero attached hydrogens (tertiary/aromatic N) is 5. The Hall–Kier alpha value is -2.74. The molecule has 1 unspecified atom stereocenters. The van der Waals surface area contributed by atoms with E-state index in [1.54, 1.807) is 13.0 Å². The maximum absolute atomic E-state index is 12.7. The number of ether oxygens (including phenoxy) is 1. The summed E-state index contributed by atoms with van der Waals surface area (Å²) < 4.78 is 36.6. The molecule has 3 aromatic heterocycles. The first-order chi connectivity index (χ1) is 12.3. The number of halogens is 2.